The zero-order valence-corrected chi connectivity index (χ0v) is 16.7. The van der Waals surface area contributed by atoms with Gasteiger partial charge in [-0.25, -0.2) is 0 Å². The molecule has 3 rings (SSSR count). The molecule has 0 bridgehead atoms. The first kappa shape index (κ1) is 19.3. The van der Waals surface area contributed by atoms with Crippen LogP contribution in [0.3, 0.4) is 0 Å². The summed E-state index contributed by atoms with van der Waals surface area (Å²) in [5.41, 5.74) is 0.876. The van der Waals surface area contributed by atoms with Crippen LogP contribution in [-0.4, -0.2) is 59.3 Å². The third kappa shape index (κ3) is 4.74. The van der Waals surface area contributed by atoms with E-state index in [9.17, 15) is 5.11 Å². The molecule has 0 unspecified atom stereocenters. The summed E-state index contributed by atoms with van der Waals surface area (Å²) in [6.07, 6.45) is 0. The van der Waals surface area contributed by atoms with Gasteiger partial charge in [0.05, 0.1) is 12.2 Å². The van der Waals surface area contributed by atoms with E-state index < -0.39 is 0 Å². The minimum atomic E-state index is 0. The van der Waals surface area contributed by atoms with Gasteiger partial charge in [-0.15, -0.1) is 24.0 Å². The molecule has 1 aromatic heterocycles. The third-order valence-electron chi connectivity index (χ3n) is 3.98. The highest BCUT2D eigenvalue weighted by molar-refractivity contribution is 14.0. The second kappa shape index (κ2) is 8.88. The molecule has 1 aromatic carbocycles. The van der Waals surface area contributed by atoms with Gasteiger partial charge < -0.3 is 24.7 Å². The number of aromatic nitrogens is 2. The van der Waals surface area contributed by atoms with Crippen LogP contribution < -0.4 is 10.2 Å². The van der Waals surface area contributed by atoms with Crippen molar-refractivity contribution in [3.05, 3.63) is 36.0 Å². The Balaban J connectivity index is 0.00000225. The molecule has 2 heterocycles. The summed E-state index contributed by atoms with van der Waals surface area (Å²) in [5, 5.41) is 17.0. The molecule has 2 aromatic rings. The minimum absolute atomic E-state index is 0. The number of guanidine groups is 1. The maximum Gasteiger partial charge on any atom is 0.246 e. The van der Waals surface area contributed by atoms with Crippen LogP contribution in [0.1, 0.15) is 11.7 Å². The van der Waals surface area contributed by atoms with Crippen molar-refractivity contribution in [2.45, 2.75) is 13.5 Å². The van der Waals surface area contributed by atoms with E-state index in [2.05, 4.69) is 30.2 Å². The molecule has 0 aliphatic carbocycles. The van der Waals surface area contributed by atoms with Crippen LogP contribution in [0.4, 0.5) is 5.69 Å². The summed E-state index contributed by atoms with van der Waals surface area (Å²) in [4.78, 5) is 12.9. The van der Waals surface area contributed by atoms with Crippen LogP contribution in [0.15, 0.2) is 33.8 Å². The molecule has 0 amide bonds. The van der Waals surface area contributed by atoms with Crippen LogP contribution in [0, 0.1) is 6.92 Å². The van der Waals surface area contributed by atoms with Gasteiger partial charge in [0.1, 0.15) is 5.75 Å². The fourth-order valence-corrected chi connectivity index (χ4v) is 2.79. The molecule has 8 nitrogen and oxygen atoms in total. The van der Waals surface area contributed by atoms with Crippen molar-refractivity contribution in [2.75, 3.05) is 38.1 Å². The van der Waals surface area contributed by atoms with E-state index in [1.165, 1.54) is 0 Å². The number of aromatic hydroxyl groups is 1. The lowest BCUT2D eigenvalue weighted by Crippen LogP contribution is -2.52. The molecule has 1 aliphatic heterocycles. The Morgan fingerprint density at radius 3 is 2.60 bits per heavy atom. The van der Waals surface area contributed by atoms with Crippen molar-refractivity contribution in [3.63, 3.8) is 0 Å². The quantitative estimate of drug-likeness (QED) is 0.410. The summed E-state index contributed by atoms with van der Waals surface area (Å²) >= 11 is 0. The Morgan fingerprint density at radius 1 is 1.28 bits per heavy atom. The molecule has 136 valence electrons. The Labute approximate surface area is 163 Å². The number of aliphatic imine (C=N–C) groups is 1. The average molecular weight is 458 g/mol. The Morgan fingerprint density at radius 2 is 2.00 bits per heavy atom. The predicted molar refractivity (Wildman–Crippen MR) is 107 cm³/mol. The Kier molecular flexibility index (Phi) is 6.85. The Hall–Kier alpha value is -2.04. The molecular formula is C16H23IN6O2. The zero-order chi connectivity index (χ0) is 16.9. The molecular weight excluding hydrogens is 435 g/mol. The largest absolute Gasteiger partial charge is 0.506 e. The van der Waals surface area contributed by atoms with Crippen molar-refractivity contribution in [3.8, 4) is 5.75 Å². The molecule has 1 fully saturated rings. The highest BCUT2D eigenvalue weighted by Crippen LogP contribution is 2.27. The van der Waals surface area contributed by atoms with Crippen molar-refractivity contribution >= 4 is 35.6 Å². The van der Waals surface area contributed by atoms with Crippen molar-refractivity contribution in [1.82, 2.24) is 20.4 Å². The monoisotopic (exact) mass is 458 g/mol. The first-order valence-electron chi connectivity index (χ1n) is 7.95. The molecule has 9 heteroatoms. The van der Waals surface area contributed by atoms with Gasteiger partial charge in [0.25, 0.3) is 0 Å². The van der Waals surface area contributed by atoms with E-state index in [-0.39, 0.29) is 24.0 Å². The summed E-state index contributed by atoms with van der Waals surface area (Å²) in [7, 11) is 1.76. The van der Waals surface area contributed by atoms with E-state index in [0.29, 0.717) is 24.0 Å². The topological polar surface area (TPSA) is 90.0 Å². The number of nitrogens with zero attached hydrogens (tertiary/aromatic N) is 5. The van der Waals surface area contributed by atoms with Gasteiger partial charge >= 0.3 is 0 Å². The first-order chi connectivity index (χ1) is 11.7. The summed E-state index contributed by atoms with van der Waals surface area (Å²) in [6, 6.07) is 7.43. The van der Waals surface area contributed by atoms with Gasteiger partial charge in [0, 0.05) is 33.2 Å². The van der Waals surface area contributed by atoms with E-state index in [1.54, 1.807) is 20.0 Å². The number of halogens is 1. The minimum Gasteiger partial charge on any atom is -0.506 e. The van der Waals surface area contributed by atoms with Gasteiger partial charge in [0.15, 0.2) is 11.8 Å². The normalized spacial score (nSPS) is 15.0. The molecule has 1 aliphatic rings. The smallest absolute Gasteiger partial charge is 0.246 e. The van der Waals surface area contributed by atoms with Gasteiger partial charge in [-0.3, -0.25) is 4.99 Å². The molecule has 1 saturated heterocycles. The van der Waals surface area contributed by atoms with Crippen molar-refractivity contribution in [1.29, 1.82) is 0 Å². The first-order valence-corrected chi connectivity index (χ1v) is 7.95. The number of nitrogens with one attached hydrogen (secondary N) is 1. The van der Waals surface area contributed by atoms with E-state index >= 15 is 0 Å². The second-order valence-corrected chi connectivity index (χ2v) is 5.60. The average Bonchev–Trinajstić information content (AvgIpc) is 3.02. The van der Waals surface area contributed by atoms with E-state index in [4.69, 9.17) is 4.52 Å². The molecule has 25 heavy (non-hydrogen) atoms. The van der Waals surface area contributed by atoms with Crippen molar-refractivity contribution < 1.29 is 9.63 Å². The maximum atomic E-state index is 9.98. The number of rotatable bonds is 3. The maximum absolute atomic E-state index is 9.98. The number of aryl methyl sites for hydroxylation is 1. The Bertz CT molecular complexity index is 712. The number of phenols is 1. The predicted octanol–water partition coefficient (Wildman–Crippen LogP) is 1.60. The fourth-order valence-electron chi connectivity index (χ4n) is 2.79. The van der Waals surface area contributed by atoms with Crippen LogP contribution in [0.25, 0.3) is 0 Å². The van der Waals surface area contributed by atoms with Gasteiger partial charge in [-0.1, -0.05) is 17.3 Å². The zero-order valence-electron chi connectivity index (χ0n) is 14.3. The second-order valence-electron chi connectivity index (χ2n) is 5.60. The van der Waals surface area contributed by atoms with E-state index in [0.717, 1.165) is 37.8 Å². The third-order valence-corrected chi connectivity index (χ3v) is 3.98. The number of benzene rings is 1. The molecule has 0 spiro atoms. The van der Waals surface area contributed by atoms with Crippen LogP contribution in [-0.2, 0) is 6.54 Å². The van der Waals surface area contributed by atoms with Crippen LogP contribution in [0.5, 0.6) is 5.75 Å². The number of para-hydroxylation sites is 2. The molecule has 0 atom stereocenters. The highest BCUT2D eigenvalue weighted by Gasteiger charge is 2.21. The molecule has 0 radical (unpaired) electrons. The lowest BCUT2D eigenvalue weighted by Gasteiger charge is -2.37. The van der Waals surface area contributed by atoms with Crippen LogP contribution in [0.2, 0.25) is 0 Å². The van der Waals surface area contributed by atoms with Gasteiger partial charge in [-0.05, 0) is 19.1 Å². The van der Waals surface area contributed by atoms with Gasteiger partial charge in [-0.2, -0.15) is 4.98 Å². The summed E-state index contributed by atoms with van der Waals surface area (Å²) in [6.45, 7) is 5.51. The number of hydrogen-bond acceptors (Lipinski definition) is 6. The fraction of sp³-hybridized carbons (Fsp3) is 0.438. The molecule has 0 saturated carbocycles. The highest BCUT2D eigenvalue weighted by atomic mass is 127. The lowest BCUT2D eigenvalue weighted by molar-refractivity contribution is 0.352. The number of anilines is 1. The number of phenolic OH excluding ortho intramolecular Hbond substituents is 1. The molecule has 2 N–H and O–H groups in total. The summed E-state index contributed by atoms with van der Waals surface area (Å²) < 4.78 is 5.10. The van der Waals surface area contributed by atoms with E-state index in [1.807, 2.05) is 18.2 Å². The standard InChI is InChI=1S/C16H22N6O2.HI/c1-12-19-15(24-20-12)11-18-16(17-2)22-9-7-21(8-10-22)13-5-3-4-6-14(13)23;/h3-6,23H,7-11H2,1-2H3,(H,17,18);1H. The SMILES string of the molecule is CN=C(NCc1nc(C)no1)N1CCN(c2ccccc2O)CC1.I. The summed E-state index contributed by atoms with van der Waals surface area (Å²) in [5.74, 6) is 2.29. The number of hydrogen-bond donors (Lipinski definition) is 2. The van der Waals surface area contributed by atoms with Gasteiger partial charge in [0.2, 0.25) is 5.89 Å². The van der Waals surface area contributed by atoms with Crippen molar-refractivity contribution in [2.24, 2.45) is 4.99 Å². The van der Waals surface area contributed by atoms with Crippen LogP contribution >= 0.6 is 24.0 Å². The number of piperazine rings is 1. The lowest BCUT2D eigenvalue weighted by atomic mass is 10.2.